The number of aromatic nitrogens is 2. The zero-order chi connectivity index (χ0) is 14.5. The van der Waals surface area contributed by atoms with Gasteiger partial charge in [0, 0.05) is 4.90 Å². The highest BCUT2D eigenvalue weighted by Crippen LogP contribution is 2.22. The number of benzene rings is 1. The second kappa shape index (κ2) is 6.56. The summed E-state index contributed by atoms with van der Waals surface area (Å²) in [6, 6.07) is 5.97. The minimum atomic E-state index is -3.05. The van der Waals surface area contributed by atoms with Crippen molar-refractivity contribution < 1.29 is 22.5 Å². The summed E-state index contributed by atoms with van der Waals surface area (Å²) in [4.78, 5) is 15.3. The Hall–Kier alpha value is -1.83. The fourth-order valence-electron chi connectivity index (χ4n) is 1.35. The summed E-state index contributed by atoms with van der Waals surface area (Å²) < 4.78 is 41.7. The number of carbonyl (C=O) groups excluding carboxylic acids is 1. The Morgan fingerprint density at radius 1 is 1.40 bits per heavy atom. The van der Waals surface area contributed by atoms with Gasteiger partial charge in [0.2, 0.25) is 11.7 Å². The van der Waals surface area contributed by atoms with Crippen LogP contribution in [0.5, 0.6) is 0 Å². The Morgan fingerprint density at radius 3 is 2.90 bits per heavy atom. The zero-order valence-electron chi connectivity index (χ0n) is 10.1. The normalized spacial score (nSPS) is 11.0. The molecule has 0 aliphatic rings. The maximum Gasteiger partial charge on any atom is 0.296 e. The van der Waals surface area contributed by atoms with Crippen LogP contribution in [0.15, 0.2) is 33.7 Å². The van der Waals surface area contributed by atoms with Crippen LogP contribution < -0.4 is 0 Å². The molecular formula is C12H9F3N2O2S. The summed E-state index contributed by atoms with van der Waals surface area (Å²) in [5.74, 6) is -1.22. The Labute approximate surface area is 116 Å². The lowest BCUT2D eigenvalue weighted by Crippen LogP contribution is -2.12. The van der Waals surface area contributed by atoms with Gasteiger partial charge in [0.05, 0.1) is 12.2 Å². The molecule has 0 aliphatic heterocycles. The molecule has 0 amide bonds. The van der Waals surface area contributed by atoms with E-state index in [2.05, 4.69) is 10.1 Å². The van der Waals surface area contributed by atoms with Crippen LogP contribution in [0.2, 0.25) is 0 Å². The molecule has 0 unspecified atom stereocenters. The number of ketones is 1. The number of thioether (sulfide) groups is 1. The molecule has 0 radical (unpaired) electrons. The summed E-state index contributed by atoms with van der Waals surface area (Å²) in [5, 5.41) is 3.57. The Balaban J connectivity index is 1.91. The average molecular weight is 302 g/mol. The molecule has 0 spiro atoms. The number of rotatable bonds is 6. The van der Waals surface area contributed by atoms with Crippen molar-refractivity contribution in [2.45, 2.75) is 23.5 Å². The SMILES string of the molecule is O=C(Cc1nc(CSc2cccc(F)c2)no1)C(F)F. The van der Waals surface area contributed by atoms with Crippen molar-refractivity contribution in [1.82, 2.24) is 10.1 Å². The molecule has 4 nitrogen and oxygen atoms in total. The van der Waals surface area contributed by atoms with Crippen molar-refractivity contribution in [3.05, 3.63) is 41.8 Å². The van der Waals surface area contributed by atoms with Gasteiger partial charge in [-0.1, -0.05) is 11.2 Å². The second-order valence-corrected chi connectivity index (χ2v) is 4.84. The van der Waals surface area contributed by atoms with Crippen LogP contribution in [0.3, 0.4) is 0 Å². The molecule has 0 saturated heterocycles. The first-order chi connectivity index (χ1) is 9.54. The van der Waals surface area contributed by atoms with Gasteiger partial charge in [-0.3, -0.25) is 4.79 Å². The van der Waals surface area contributed by atoms with E-state index in [1.807, 2.05) is 0 Å². The molecule has 1 aromatic heterocycles. The quantitative estimate of drug-likeness (QED) is 0.768. The van der Waals surface area contributed by atoms with Crippen LogP contribution in [0.1, 0.15) is 11.7 Å². The molecule has 0 bridgehead atoms. The lowest BCUT2D eigenvalue weighted by atomic mass is 10.3. The Bertz CT molecular complexity index is 604. The van der Waals surface area contributed by atoms with Crippen molar-refractivity contribution in [2.75, 3.05) is 0 Å². The van der Waals surface area contributed by atoms with Gasteiger partial charge in [-0.2, -0.15) is 4.98 Å². The first kappa shape index (κ1) is 14.6. The van der Waals surface area contributed by atoms with E-state index in [0.717, 1.165) is 0 Å². The van der Waals surface area contributed by atoms with Crippen molar-refractivity contribution in [3.63, 3.8) is 0 Å². The van der Waals surface area contributed by atoms with Gasteiger partial charge in [0.1, 0.15) is 5.82 Å². The Morgan fingerprint density at radius 2 is 2.20 bits per heavy atom. The summed E-state index contributed by atoms with van der Waals surface area (Å²) in [7, 11) is 0. The van der Waals surface area contributed by atoms with E-state index in [4.69, 9.17) is 4.52 Å². The molecule has 0 fully saturated rings. The van der Waals surface area contributed by atoms with Gasteiger partial charge in [-0.05, 0) is 18.2 Å². The molecule has 2 rings (SSSR count). The first-order valence-electron chi connectivity index (χ1n) is 5.55. The number of alkyl halides is 2. The van der Waals surface area contributed by atoms with Crippen molar-refractivity contribution in [2.24, 2.45) is 0 Å². The largest absolute Gasteiger partial charge is 0.339 e. The van der Waals surface area contributed by atoms with Gasteiger partial charge in [0.15, 0.2) is 5.82 Å². The molecule has 106 valence electrons. The molecule has 20 heavy (non-hydrogen) atoms. The predicted octanol–water partition coefficient (Wildman–Crippen LogP) is 2.88. The smallest absolute Gasteiger partial charge is 0.296 e. The molecule has 2 aromatic rings. The summed E-state index contributed by atoms with van der Waals surface area (Å²) in [6.07, 6.45) is -3.64. The van der Waals surface area contributed by atoms with Crippen molar-refractivity contribution in [1.29, 1.82) is 0 Å². The minimum Gasteiger partial charge on any atom is -0.339 e. The summed E-state index contributed by atoms with van der Waals surface area (Å²) in [5.41, 5.74) is 0. The van der Waals surface area contributed by atoms with Crippen LogP contribution in [0.25, 0.3) is 0 Å². The lowest BCUT2D eigenvalue weighted by molar-refractivity contribution is -0.129. The van der Waals surface area contributed by atoms with Gasteiger partial charge < -0.3 is 4.52 Å². The average Bonchev–Trinajstić information content (AvgIpc) is 2.84. The molecule has 0 N–H and O–H groups in total. The first-order valence-corrected chi connectivity index (χ1v) is 6.54. The third-order valence-electron chi connectivity index (χ3n) is 2.24. The highest BCUT2D eigenvalue weighted by Gasteiger charge is 2.19. The van der Waals surface area contributed by atoms with E-state index in [0.29, 0.717) is 4.90 Å². The van der Waals surface area contributed by atoms with E-state index in [-0.39, 0.29) is 23.3 Å². The number of hydrogen-bond donors (Lipinski definition) is 0. The van der Waals surface area contributed by atoms with E-state index in [1.54, 1.807) is 12.1 Å². The zero-order valence-corrected chi connectivity index (χ0v) is 10.9. The van der Waals surface area contributed by atoms with Crippen LogP contribution in [0.4, 0.5) is 13.2 Å². The maximum atomic E-state index is 12.9. The molecule has 1 heterocycles. The molecule has 0 saturated carbocycles. The minimum absolute atomic E-state index is 0.148. The highest BCUT2D eigenvalue weighted by molar-refractivity contribution is 7.98. The second-order valence-electron chi connectivity index (χ2n) is 3.79. The third-order valence-corrected chi connectivity index (χ3v) is 3.23. The molecule has 8 heteroatoms. The van der Waals surface area contributed by atoms with Gasteiger partial charge in [-0.25, -0.2) is 13.2 Å². The molecule has 0 atom stereocenters. The van der Waals surface area contributed by atoms with E-state index in [1.165, 1.54) is 23.9 Å². The maximum absolute atomic E-state index is 12.9. The topological polar surface area (TPSA) is 56.0 Å². The fraction of sp³-hybridized carbons (Fsp3) is 0.250. The lowest BCUT2D eigenvalue weighted by Gasteiger charge is -1.97. The Kier molecular flexibility index (Phi) is 4.78. The highest BCUT2D eigenvalue weighted by atomic mass is 32.2. The standard InChI is InChI=1S/C12H9F3N2O2S/c13-7-2-1-3-8(4-7)20-6-10-16-11(19-17-10)5-9(18)12(14)15/h1-4,12H,5-6H2. The number of nitrogens with zero attached hydrogens (tertiary/aromatic N) is 2. The number of halogens is 3. The molecule has 1 aromatic carbocycles. The van der Waals surface area contributed by atoms with Crippen LogP contribution in [-0.4, -0.2) is 22.3 Å². The number of Topliss-reactive ketones (excluding diaryl/α,β-unsaturated/α-hetero) is 1. The van der Waals surface area contributed by atoms with Gasteiger partial charge in [-0.15, -0.1) is 11.8 Å². The number of carbonyl (C=O) groups is 1. The molecule has 0 aliphatic carbocycles. The van der Waals surface area contributed by atoms with Crippen LogP contribution >= 0.6 is 11.8 Å². The predicted molar refractivity (Wildman–Crippen MR) is 65.0 cm³/mol. The van der Waals surface area contributed by atoms with Crippen molar-refractivity contribution in [3.8, 4) is 0 Å². The van der Waals surface area contributed by atoms with Crippen molar-refractivity contribution >= 4 is 17.5 Å². The third kappa shape index (κ3) is 4.09. The number of hydrogen-bond acceptors (Lipinski definition) is 5. The summed E-state index contributed by atoms with van der Waals surface area (Å²) in [6.45, 7) is 0. The summed E-state index contributed by atoms with van der Waals surface area (Å²) >= 11 is 1.27. The van der Waals surface area contributed by atoms with Crippen LogP contribution in [-0.2, 0) is 17.0 Å². The van der Waals surface area contributed by atoms with E-state index in [9.17, 15) is 18.0 Å². The monoisotopic (exact) mass is 302 g/mol. The van der Waals surface area contributed by atoms with Gasteiger partial charge in [0.25, 0.3) is 6.43 Å². The molecular weight excluding hydrogens is 293 g/mol. The van der Waals surface area contributed by atoms with Gasteiger partial charge >= 0.3 is 0 Å². The van der Waals surface area contributed by atoms with Crippen LogP contribution in [0, 0.1) is 5.82 Å². The van der Waals surface area contributed by atoms with E-state index >= 15 is 0 Å². The van der Waals surface area contributed by atoms with E-state index < -0.39 is 18.6 Å². The fourth-order valence-corrected chi connectivity index (χ4v) is 2.14.